The van der Waals surface area contributed by atoms with Gasteiger partial charge in [-0.25, -0.2) is 4.39 Å². The molecule has 0 radical (unpaired) electrons. The summed E-state index contributed by atoms with van der Waals surface area (Å²) < 4.78 is 13.1. The zero-order chi connectivity index (χ0) is 18.2. The maximum atomic E-state index is 13.1. The van der Waals surface area contributed by atoms with Gasteiger partial charge in [0.2, 0.25) is 5.91 Å². The molecule has 0 aliphatic rings. The van der Waals surface area contributed by atoms with Crippen molar-refractivity contribution in [2.75, 3.05) is 25.0 Å². The number of nitrogens with one attached hydrogen (secondary N) is 2. The number of anilines is 1. The molecule has 0 aliphatic heterocycles. The molecule has 2 aromatic rings. The lowest BCUT2D eigenvalue weighted by Crippen LogP contribution is -2.43. The van der Waals surface area contributed by atoms with Gasteiger partial charge in [-0.15, -0.1) is 0 Å². The van der Waals surface area contributed by atoms with E-state index in [2.05, 4.69) is 15.5 Å². The summed E-state index contributed by atoms with van der Waals surface area (Å²) >= 11 is 0. The van der Waals surface area contributed by atoms with Gasteiger partial charge in [0.05, 0.1) is 6.54 Å². The molecule has 2 rings (SSSR count). The molecule has 0 bridgehead atoms. The Morgan fingerprint density at radius 3 is 2.48 bits per heavy atom. The van der Waals surface area contributed by atoms with E-state index in [9.17, 15) is 14.0 Å². The van der Waals surface area contributed by atoms with Gasteiger partial charge < -0.3 is 15.5 Å². The van der Waals surface area contributed by atoms with Crippen LogP contribution in [0.1, 0.15) is 17.3 Å². The van der Waals surface area contributed by atoms with Gasteiger partial charge in [0.1, 0.15) is 5.82 Å². The van der Waals surface area contributed by atoms with E-state index in [4.69, 9.17) is 0 Å². The number of benzene rings is 2. The van der Waals surface area contributed by atoms with Crippen LogP contribution in [-0.2, 0) is 4.79 Å². The molecule has 2 N–H and O–H groups in total. The molecule has 132 valence electrons. The van der Waals surface area contributed by atoms with E-state index < -0.39 is 11.7 Å². The first-order chi connectivity index (χ1) is 12.0. The van der Waals surface area contributed by atoms with E-state index in [-0.39, 0.29) is 24.1 Å². The van der Waals surface area contributed by atoms with Crippen LogP contribution in [0.25, 0.3) is 0 Å². The monoisotopic (exact) mass is 343 g/mol. The van der Waals surface area contributed by atoms with E-state index in [1.165, 1.54) is 18.2 Å². The highest BCUT2D eigenvalue weighted by atomic mass is 19.1. The first-order valence-electron chi connectivity index (χ1n) is 8.05. The molecule has 0 saturated heterocycles. The van der Waals surface area contributed by atoms with Crippen LogP contribution in [-0.4, -0.2) is 38.0 Å². The van der Waals surface area contributed by atoms with Gasteiger partial charge in [0.25, 0.3) is 5.91 Å². The second kappa shape index (κ2) is 8.82. The normalized spacial score (nSPS) is 11.5. The van der Waals surface area contributed by atoms with Gasteiger partial charge in [-0.05, 0) is 37.3 Å². The minimum Gasteiger partial charge on any atom is -0.370 e. The van der Waals surface area contributed by atoms with Gasteiger partial charge in [0.15, 0.2) is 0 Å². The van der Waals surface area contributed by atoms with Gasteiger partial charge >= 0.3 is 0 Å². The summed E-state index contributed by atoms with van der Waals surface area (Å²) in [6, 6.07) is 15.3. The van der Waals surface area contributed by atoms with Crippen LogP contribution in [0.15, 0.2) is 54.6 Å². The first kappa shape index (κ1) is 18.4. The lowest BCUT2D eigenvalue weighted by Gasteiger charge is -2.27. The molecule has 0 fully saturated rings. The van der Waals surface area contributed by atoms with Gasteiger partial charge in [-0.1, -0.05) is 24.3 Å². The van der Waals surface area contributed by atoms with Crippen molar-refractivity contribution >= 4 is 17.5 Å². The molecule has 0 aromatic heterocycles. The van der Waals surface area contributed by atoms with Gasteiger partial charge in [-0.3, -0.25) is 9.59 Å². The zero-order valence-electron chi connectivity index (χ0n) is 14.3. The maximum Gasteiger partial charge on any atom is 0.251 e. The number of nitrogens with zero attached hydrogens (tertiary/aromatic N) is 1. The molecule has 5 nitrogen and oxygen atoms in total. The molecular formula is C19H22FN3O2. The molecule has 0 saturated carbocycles. The molecule has 0 heterocycles. The highest BCUT2D eigenvalue weighted by molar-refractivity contribution is 5.96. The number of halogens is 1. The molecule has 1 atom stereocenters. The minimum absolute atomic E-state index is 0.0882. The molecular weight excluding hydrogens is 321 g/mol. The maximum absolute atomic E-state index is 13.1. The third kappa shape index (κ3) is 5.60. The standard InChI is InChI=1S/C19H22FN3O2/c1-14(23(2)17-9-4-3-5-10-17)12-21-18(24)13-22-19(25)15-7-6-8-16(20)11-15/h3-11,14H,12-13H2,1-2H3,(H,21,24)(H,22,25). The molecule has 2 amide bonds. The second-order valence-corrected chi connectivity index (χ2v) is 5.79. The van der Waals surface area contributed by atoms with E-state index in [1.807, 2.05) is 44.3 Å². The summed E-state index contributed by atoms with van der Waals surface area (Å²) in [4.78, 5) is 25.8. The highest BCUT2D eigenvalue weighted by Crippen LogP contribution is 2.13. The Labute approximate surface area is 146 Å². The van der Waals surface area contributed by atoms with Crippen molar-refractivity contribution in [2.45, 2.75) is 13.0 Å². The summed E-state index contributed by atoms with van der Waals surface area (Å²) in [5.74, 6) is -1.27. The average Bonchev–Trinajstić information content (AvgIpc) is 2.64. The van der Waals surface area contributed by atoms with Crippen LogP contribution < -0.4 is 15.5 Å². The highest BCUT2D eigenvalue weighted by Gasteiger charge is 2.12. The SMILES string of the molecule is CC(CNC(=O)CNC(=O)c1cccc(F)c1)N(C)c1ccccc1. The fourth-order valence-electron chi connectivity index (χ4n) is 2.27. The number of carbonyl (C=O) groups is 2. The largest absolute Gasteiger partial charge is 0.370 e. The predicted octanol–water partition coefficient (Wildman–Crippen LogP) is 2.20. The van der Waals surface area contributed by atoms with Crippen LogP contribution >= 0.6 is 0 Å². The molecule has 2 aromatic carbocycles. The van der Waals surface area contributed by atoms with Gasteiger partial charge in [-0.2, -0.15) is 0 Å². The van der Waals surface area contributed by atoms with Crippen molar-refractivity contribution in [1.29, 1.82) is 0 Å². The Hall–Kier alpha value is -2.89. The summed E-state index contributed by atoms with van der Waals surface area (Å²) in [5, 5.41) is 5.26. The Kier molecular flexibility index (Phi) is 6.51. The molecule has 6 heteroatoms. The topological polar surface area (TPSA) is 61.4 Å². The summed E-state index contributed by atoms with van der Waals surface area (Å²) in [6.45, 7) is 2.29. The Bertz CT molecular complexity index is 722. The quantitative estimate of drug-likeness (QED) is 0.810. The minimum atomic E-state index is -0.491. The van der Waals surface area contributed by atoms with E-state index in [0.29, 0.717) is 6.54 Å². The van der Waals surface area contributed by atoms with Crippen molar-refractivity contribution in [3.63, 3.8) is 0 Å². The predicted molar refractivity (Wildman–Crippen MR) is 96.0 cm³/mol. The summed E-state index contributed by atoms with van der Waals surface area (Å²) in [6.07, 6.45) is 0. The third-order valence-corrected chi connectivity index (χ3v) is 3.92. The molecule has 0 aliphatic carbocycles. The smallest absolute Gasteiger partial charge is 0.251 e. The zero-order valence-corrected chi connectivity index (χ0v) is 14.3. The first-order valence-corrected chi connectivity index (χ1v) is 8.05. The van der Waals surface area contributed by atoms with Crippen LogP contribution in [0.2, 0.25) is 0 Å². The number of carbonyl (C=O) groups excluding carboxylic acids is 2. The van der Waals surface area contributed by atoms with E-state index >= 15 is 0 Å². The van der Waals surface area contributed by atoms with Crippen LogP contribution in [0, 0.1) is 5.82 Å². The Balaban J connectivity index is 1.76. The number of hydrogen-bond acceptors (Lipinski definition) is 3. The summed E-state index contributed by atoms with van der Waals surface area (Å²) in [5.41, 5.74) is 1.24. The number of likely N-dealkylation sites (N-methyl/N-ethyl adjacent to an activating group) is 1. The lowest BCUT2D eigenvalue weighted by molar-refractivity contribution is -0.120. The second-order valence-electron chi connectivity index (χ2n) is 5.79. The molecule has 1 unspecified atom stereocenters. The van der Waals surface area contributed by atoms with E-state index in [0.717, 1.165) is 11.8 Å². The molecule has 25 heavy (non-hydrogen) atoms. The van der Waals surface area contributed by atoms with Crippen LogP contribution in [0.4, 0.5) is 10.1 Å². The fraction of sp³-hybridized carbons (Fsp3) is 0.263. The van der Waals surface area contributed by atoms with Crippen molar-refractivity contribution < 1.29 is 14.0 Å². The number of rotatable bonds is 7. The van der Waals surface area contributed by atoms with Crippen molar-refractivity contribution in [3.05, 3.63) is 66.0 Å². The number of hydrogen-bond donors (Lipinski definition) is 2. The molecule has 0 spiro atoms. The number of para-hydroxylation sites is 1. The number of amides is 2. The van der Waals surface area contributed by atoms with Gasteiger partial charge in [0, 0.05) is 30.9 Å². The van der Waals surface area contributed by atoms with Crippen molar-refractivity contribution in [2.24, 2.45) is 0 Å². The van der Waals surface area contributed by atoms with E-state index in [1.54, 1.807) is 0 Å². The van der Waals surface area contributed by atoms with Crippen molar-refractivity contribution in [3.8, 4) is 0 Å². The Morgan fingerprint density at radius 2 is 1.80 bits per heavy atom. The summed E-state index contributed by atoms with van der Waals surface area (Å²) in [7, 11) is 1.96. The fourth-order valence-corrected chi connectivity index (χ4v) is 2.27. The average molecular weight is 343 g/mol. The van der Waals surface area contributed by atoms with Crippen LogP contribution in [0.3, 0.4) is 0 Å². The Morgan fingerprint density at radius 1 is 1.08 bits per heavy atom. The lowest BCUT2D eigenvalue weighted by atomic mass is 10.2. The third-order valence-electron chi connectivity index (χ3n) is 3.92. The van der Waals surface area contributed by atoms with Crippen LogP contribution in [0.5, 0.6) is 0 Å². The van der Waals surface area contributed by atoms with Crippen molar-refractivity contribution in [1.82, 2.24) is 10.6 Å².